The Morgan fingerprint density at radius 1 is 0.882 bits per heavy atom. The van der Waals surface area contributed by atoms with Gasteiger partial charge in [-0.3, -0.25) is 14.4 Å². The maximum atomic E-state index is 13.8. The van der Waals surface area contributed by atoms with Gasteiger partial charge in [0.1, 0.15) is 11.7 Å². The summed E-state index contributed by atoms with van der Waals surface area (Å²) in [6, 6.07) is 22.5. The van der Waals surface area contributed by atoms with Crippen LogP contribution in [-0.2, 0) is 14.4 Å². The molecule has 0 aliphatic carbocycles. The highest BCUT2D eigenvalue weighted by Crippen LogP contribution is 2.48. The Balaban J connectivity index is 1.52. The molecule has 0 spiro atoms. The number of amides is 2. The van der Waals surface area contributed by atoms with Crippen molar-refractivity contribution >= 4 is 23.2 Å². The van der Waals surface area contributed by atoms with Crippen molar-refractivity contribution in [3.8, 4) is 5.75 Å². The zero-order valence-corrected chi connectivity index (χ0v) is 19.6. The van der Waals surface area contributed by atoms with Crippen molar-refractivity contribution < 1.29 is 19.2 Å². The highest BCUT2D eigenvalue weighted by molar-refractivity contribution is 6.24. The first-order chi connectivity index (χ1) is 16.5. The molecule has 0 unspecified atom stereocenters. The topological polar surface area (TPSA) is 59.1 Å². The van der Waals surface area contributed by atoms with E-state index in [1.807, 2.05) is 63.2 Å². The predicted molar refractivity (Wildman–Crippen MR) is 131 cm³/mol. The quantitative estimate of drug-likeness (QED) is 0.481. The molecule has 2 aliphatic heterocycles. The Kier molecular flexibility index (Phi) is 5.84. The molecule has 34 heavy (non-hydrogen) atoms. The molecular formula is C28H28N2O4. The highest BCUT2D eigenvalue weighted by atomic mass is 16.7. The minimum atomic E-state index is -0.880. The maximum absolute atomic E-state index is 13.8. The standard InChI is InChI=1S/C28H28N2O4/c1-4-16-33-22-13-11-20(12-14-22)29-27(31)24-25(23-15-10-18(2)17-19(23)3)30(34-26(24)28(29)32)21-8-6-5-7-9-21/h5-15,17,24-26H,4,16H2,1-3H3/t24-,25-,26+/m0/s1. The van der Waals surface area contributed by atoms with E-state index < -0.39 is 18.1 Å². The van der Waals surface area contributed by atoms with Gasteiger partial charge in [-0.15, -0.1) is 0 Å². The van der Waals surface area contributed by atoms with Crippen LogP contribution in [0, 0.1) is 19.8 Å². The van der Waals surface area contributed by atoms with E-state index in [2.05, 4.69) is 6.07 Å². The minimum absolute atomic E-state index is 0.249. The van der Waals surface area contributed by atoms with E-state index in [1.54, 1.807) is 29.3 Å². The Bertz CT molecular complexity index is 1210. The van der Waals surface area contributed by atoms with Gasteiger partial charge in [-0.25, -0.2) is 9.96 Å². The van der Waals surface area contributed by atoms with Gasteiger partial charge < -0.3 is 4.74 Å². The van der Waals surface area contributed by atoms with E-state index in [9.17, 15) is 9.59 Å². The van der Waals surface area contributed by atoms with E-state index in [0.717, 1.165) is 28.8 Å². The fraction of sp³-hybridized carbons (Fsp3) is 0.286. The van der Waals surface area contributed by atoms with Crippen LogP contribution in [0.2, 0.25) is 0 Å². The van der Waals surface area contributed by atoms with Crippen LogP contribution >= 0.6 is 0 Å². The normalized spacial score (nSPS) is 21.8. The molecule has 0 aromatic heterocycles. The third-order valence-electron chi connectivity index (χ3n) is 6.44. The molecule has 2 amide bonds. The van der Waals surface area contributed by atoms with Crippen LogP contribution in [0.4, 0.5) is 11.4 Å². The first-order valence-electron chi connectivity index (χ1n) is 11.7. The Morgan fingerprint density at radius 3 is 2.29 bits per heavy atom. The number of hydrogen-bond donors (Lipinski definition) is 0. The van der Waals surface area contributed by atoms with Crippen LogP contribution in [-0.4, -0.2) is 24.5 Å². The number of para-hydroxylation sites is 1. The lowest BCUT2D eigenvalue weighted by molar-refractivity contribution is -0.126. The van der Waals surface area contributed by atoms with Crippen molar-refractivity contribution in [3.63, 3.8) is 0 Å². The molecule has 2 heterocycles. The van der Waals surface area contributed by atoms with Crippen LogP contribution in [0.25, 0.3) is 0 Å². The monoisotopic (exact) mass is 456 g/mol. The van der Waals surface area contributed by atoms with E-state index in [-0.39, 0.29) is 11.8 Å². The number of hydroxylamine groups is 1. The number of nitrogens with zero attached hydrogens (tertiary/aromatic N) is 2. The second-order valence-electron chi connectivity index (χ2n) is 8.87. The number of ether oxygens (including phenoxy) is 1. The zero-order chi connectivity index (χ0) is 23.8. The Labute approximate surface area is 199 Å². The molecule has 174 valence electrons. The predicted octanol–water partition coefficient (Wildman–Crippen LogP) is 5.14. The van der Waals surface area contributed by atoms with Crippen molar-refractivity contribution in [2.75, 3.05) is 16.6 Å². The van der Waals surface area contributed by atoms with Gasteiger partial charge in [0.25, 0.3) is 5.91 Å². The first kappa shape index (κ1) is 22.2. The van der Waals surface area contributed by atoms with Crippen LogP contribution in [0.1, 0.15) is 36.1 Å². The van der Waals surface area contributed by atoms with E-state index in [4.69, 9.17) is 9.57 Å². The molecule has 0 radical (unpaired) electrons. The number of aryl methyl sites for hydroxylation is 2. The maximum Gasteiger partial charge on any atom is 0.266 e. The van der Waals surface area contributed by atoms with Gasteiger partial charge >= 0.3 is 0 Å². The summed E-state index contributed by atoms with van der Waals surface area (Å²) in [4.78, 5) is 34.7. The number of hydrogen-bond acceptors (Lipinski definition) is 5. The second kappa shape index (κ2) is 8.95. The van der Waals surface area contributed by atoms with E-state index in [0.29, 0.717) is 18.0 Å². The van der Waals surface area contributed by atoms with Gasteiger partial charge in [0.05, 0.1) is 24.0 Å². The summed E-state index contributed by atoms with van der Waals surface area (Å²) in [5.74, 6) is -0.527. The second-order valence-corrected chi connectivity index (χ2v) is 8.87. The van der Waals surface area contributed by atoms with Gasteiger partial charge in [-0.1, -0.05) is 48.9 Å². The van der Waals surface area contributed by atoms with Crippen LogP contribution < -0.4 is 14.7 Å². The summed E-state index contributed by atoms with van der Waals surface area (Å²) >= 11 is 0. The number of imide groups is 1. The molecule has 0 N–H and O–H groups in total. The fourth-order valence-corrected chi connectivity index (χ4v) is 4.85. The molecule has 6 nitrogen and oxygen atoms in total. The number of anilines is 2. The van der Waals surface area contributed by atoms with E-state index >= 15 is 0 Å². The van der Waals surface area contributed by atoms with Crippen molar-refractivity contribution in [1.29, 1.82) is 0 Å². The summed E-state index contributed by atoms with van der Waals surface area (Å²) in [7, 11) is 0. The smallest absolute Gasteiger partial charge is 0.266 e. The molecule has 6 heteroatoms. The van der Waals surface area contributed by atoms with Crippen molar-refractivity contribution in [2.45, 2.75) is 39.3 Å². The van der Waals surface area contributed by atoms with Gasteiger partial charge in [-0.2, -0.15) is 0 Å². The van der Waals surface area contributed by atoms with Gasteiger partial charge in [0.15, 0.2) is 6.10 Å². The lowest BCUT2D eigenvalue weighted by Gasteiger charge is -2.29. The highest BCUT2D eigenvalue weighted by Gasteiger charge is 2.60. The van der Waals surface area contributed by atoms with Gasteiger partial charge in [0.2, 0.25) is 5.91 Å². The average Bonchev–Trinajstić information content (AvgIpc) is 3.35. The Morgan fingerprint density at radius 2 is 1.62 bits per heavy atom. The molecule has 0 saturated carbocycles. The largest absolute Gasteiger partial charge is 0.494 e. The minimum Gasteiger partial charge on any atom is -0.494 e. The molecule has 3 atom stereocenters. The first-order valence-corrected chi connectivity index (χ1v) is 11.7. The molecule has 2 saturated heterocycles. The molecule has 0 bridgehead atoms. The number of rotatable bonds is 6. The number of carbonyl (C=O) groups is 2. The van der Waals surface area contributed by atoms with Gasteiger partial charge in [-0.05, 0) is 67.8 Å². The lowest BCUT2D eigenvalue weighted by atomic mass is 9.87. The molecular weight excluding hydrogens is 428 g/mol. The average molecular weight is 457 g/mol. The van der Waals surface area contributed by atoms with Crippen molar-refractivity contribution in [2.24, 2.45) is 5.92 Å². The molecule has 2 aliphatic rings. The van der Waals surface area contributed by atoms with Crippen molar-refractivity contribution in [1.82, 2.24) is 0 Å². The van der Waals surface area contributed by atoms with Crippen LogP contribution in [0.3, 0.4) is 0 Å². The lowest BCUT2D eigenvalue weighted by Crippen LogP contribution is -2.37. The third kappa shape index (κ3) is 3.74. The molecule has 3 aromatic rings. The summed E-state index contributed by atoms with van der Waals surface area (Å²) in [5, 5.41) is 1.74. The SMILES string of the molecule is CCCOc1ccc(N2C(=O)[C@@H]3[C@@H](ON(c4ccccc4)[C@H]3c3ccc(C)cc3C)C2=O)cc1. The molecule has 2 fully saturated rings. The zero-order valence-electron chi connectivity index (χ0n) is 19.6. The summed E-state index contributed by atoms with van der Waals surface area (Å²) in [5.41, 5.74) is 4.53. The summed E-state index contributed by atoms with van der Waals surface area (Å²) in [6.45, 7) is 6.73. The number of benzene rings is 3. The van der Waals surface area contributed by atoms with Crippen LogP contribution in [0.15, 0.2) is 72.8 Å². The third-order valence-corrected chi connectivity index (χ3v) is 6.44. The Hall–Kier alpha value is -3.64. The molecule has 5 rings (SSSR count). The summed E-state index contributed by atoms with van der Waals surface area (Å²) < 4.78 is 5.64. The van der Waals surface area contributed by atoms with Crippen LogP contribution in [0.5, 0.6) is 5.75 Å². The van der Waals surface area contributed by atoms with E-state index in [1.165, 1.54) is 4.90 Å². The number of fused-ring (bicyclic) bond motifs is 1. The van der Waals surface area contributed by atoms with Gasteiger partial charge in [0, 0.05) is 0 Å². The number of carbonyl (C=O) groups excluding carboxylic acids is 2. The fourth-order valence-electron chi connectivity index (χ4n) is 4.85. The molecule has 3 aromatic carbocycles. The van der Waals surface area contributed by atoms with Crippen molar-refractivity contribution in [3.05, 3.63) is 89.5 Å². The summed E-state index contributed by atoms with van der Waals surface area (Å²) in [6.07, 6.45) is 0.0259.